The standard InChI is InChI=1S/C20H21N3O2/c1-23-11-9-16(10-12-23)21-20(24)15-7-8-18-17(13-15)19(25-22-18)14-5-3-2-4-6-14/h2-8,13,16H,9-12H2,1H3,(H,21,24). The van der Waals surface area contributed by atoms with Crippen LogP contribution in [0.5, 0.6) is 0 Å². The number of hydrogen-bond donors (Lipinski definition) is 1. The molecule has 2 heterocycles. The fraction of sp³-hybridized carbons (Fsp3) is 0.300. The molecule has 1 amide bonds. The Bertz CT molecular complexity index is 880. The molecule has 5 nitrogen and oxygen atoms in total. The molecule has 2 aromatic carbocycles. The van der Waals surface area contributed by atoms with Crippen LogP contribution in [0.3, 0.4) is 0 Å². The number of amides is 1. The Morgan fingerprint density at radius 1 is 1.16 bits per heavy atom. The molecule has 1 saturated heterocycles. The number of benzene rings is 2. The van der Waals surface area contributed by atoms with E-state index in [0.29, 0.717) is 11.3 Å². The first kappa shape index (κ1) is 15.8. The number of hydrogen-bond acceptors (Lipinski definition) is 4. The summed E-state index contributed by atoms with van der Waals surface area (Å²) in [6.45, 7) is 2.04. The number of fused-ring (bicyclic) bond motifs is 1. The van der Waals surface area contributed by atoms with Gasteiger partial charge in [-0.3, -0.25) is 4.79 Å². The normalized spacial score (nSPS) is 16.2. The second-order valence-electron chi connectivity index (χ2n) is 6.66. The van der Waals surface area contributed by atoms with Gasteiger partial charge in [0.1, 0.15) is 5.52 Å². The lowest BCUT2D eigenvalue weighted by Crippen LogP contribution is -2.43. The van der Waals surface area contributed by atoms with Gasteiger partial charge in [-0.25, -0.2) is 0 Å². The van der Waals surface area contributed by atoms with E-state index >= 15 is 0 Å². The zero-order chi connectivity index (χ0) is 17.2. The third-order valence-electron chi connectivity index (χ3n) is 4.83. The average Bonchev–Trinajstić information content (AvgIpc) is 3.07. The number of carbonyl (C=O) groups excluding carboxylic acids is 1. The molecular formula is C20H21N3O2. The number of carbonyl (C=O) groups is 1. The molecule has 4 rings (SSSR count). The molecule has 128 valence electrons. The summed E-state index contributed by atoms with van der Waals surface area (Å²) in [6, 6.07) is 15.6. The maximum atomic E-state index is 12.6. The van der Waals surface area contributed by atoms with Crippen molar-refractivity contribution in [3.8, 4) is 11.3 Å². The molecule has 1 aliphatic rings. The van der Waals surface area contributed by atoms with E-state index < -0.39 is 0 Å². The molecule has 3 aromatic rings. The van der Waals surface area contributed by atoms with Gasteiger partial charge in [-0.05, 0) is 51.2 Å². The van der Waals surface area contributed by atoms with Crippen LogP contribution in [-0.4, -0.2) is 42.1 Å². The van der Waals surface area contributed by atoms with Crippen LogP contribution in [0, 0.1) is 0 Å². The van der Waals surface area contributed by atoms with E-state index in [2.05, 4.69) is 22.4 Å². The lowest BCUT2D eigenvalue weighted by atomic mass is 10.0. The highest BCUT2D eigenvalue weighted by atomic mass is 16.5. The topological polar surface area (TPSA) is 58.4 Å². The van der Waals surface area contributed by atoms with E-state index in [4.69, 9.17) is 4.52 Å². The molecule has 0 aliphatic carbocycles. The van der Waals surface area contributed by atoms with Gasteiger partial charge in [0.2, 0.25) is 0 Å². The van der Waals surface area contributed by atoms with Gasteiger partial charge in [-0.1, -0.05) is 35.5 Å². The Morgan fingerprint density at radius 3 is 2.68 bits per heavy atom. The Morgan fingerprint density at radius 2 is 1.92 bits per heavy atom. The van der Waals surface area contributed by atoms with Gasteiger partial charge in [0, 0.05) is 17.2 Å². The monoisotopic (exact) mass is 335 g/mol. The first-order valence-corrected chi connectivity index (χ1v) is 8.65. The number of aromatic nitrogens is 1. The third-order valence-corrected chi connectivity index (χ3v) is 4.83. The largest absolute Gasteiger partial charge is 0.355 e. The summed E-state index contributed by atoms with van der Waals surface area (Å²) in [5, 5.41) is 8.13. The van der Waals surface area contributed by atoms with Gasteiger partial charge in [-0.2, -0.15) is 0 Å². The van der Waals surface area contributed by atoms with E-state index in [1.165, 1.54) is 0 Å². The second kappa shape index (κ2) is 6.69. The van der Waals surface area contributed by atoms with Crippen molar-refractivity contribution in [1.82, 2.24) is 15.4 Å². The third kappa shape index (κ3) is 3.28. The smallest absolute Gasteiger partial charge is 0.251 e. The van der Waals surface area contributed by atoms with Crippen LogP contribution in [0.1, 0.15) is 23.2 Å². The molecule has 1 N–H and O–H groups in total. The predicted octanol–water partition coefficient (Wildman–Crippen LogP) is 3.32. The molecular weight excluding hydrogens is 314 g/mol. The molecule has 0 radical (unpaired) electrons. The van der Waals surface area contributed by atoms with Crippen molar-refractivity contribution in [2.45, 2.75) is 18.9 Å². The maximum Gasteiger partial charge on any atom is 0.251 e. The summed E-state index contributed by atoms with van der Waals surface area (Å²) >= 11 is 0. The summed E-state index contributed by atoms with van der Waals surface area (Å²) in [5.41, 5.74) is 2.36. The summed E-state index contributed by atoms with van der Waals surface area (Å²) in [6.07, 6.45) is 1.99. The summed E-state index contributed by atoms with van der Waals surface area (Å²) < 4.78 is 5.51. The zero-order valence-electron chi connectivity index (χ0n) is 14.2. The number of nitrogens with zero attached hydrogens (tertiary/aromatic N) is 2. The summed E-state index contributed by atoms with van der Waals surface area (Å²) in [5.74, 6) is 0.668. The number of likely N-dealkylation sites (tertiary alicyclic amines) is 1. The van der Waals surface area contributed by atoms with Crippen molar-refractivity contribution in [2.75, 3.05) is 20.1 Å². The summed E-state index contributed by atoms with van der Waals surface area (Å²) in [7, 11) is 2.11. The Hall–Kier alpha value is -2.66. The lowest BCUT2D eigenvalue weighted by molar-refractivity contribution is 0.0917. The molecule has 0 bridgehead atoms. The zero-order valence-corrected chi connectivity index (χ0v) is 14.2. The molecule has 25 heavy (non-hydrogen) atoms. The first-order valence-electron chi connectivity index (χ1n) is 8.65. The van der Waals surface area contributed by atoms with Crippen molar-refractivity contribution in [3.05, 3.63) is 54.1 Å². The molecule has 0 saturated carbocycles. The number of nitrogens with one attached hydrogen (secondary N) is 1. The minimum atomic E-state index is -0.0309. The van der Waals surface area contributed by atoms with E-state index in [9.17, 15) is 4.79 Å². The Balaban J connectivity index is 1.59. The fourth-order valence-electron chi connectivity index (χ4n) is 3.30. The van der Waals surface area contributed by atoms with E-state index in [1.54, 1.807) is 0 Å². The van der Waals surface area contributed by atoms with Crippen molar-refractivity contribution < 1.29 is 9.32 Å². The van der Waals surface area contributed by atoms with Crippen LogP contribution in [0.15, 0.2) is 53.1 Å². The quantitative estimate of drug-likeness (QED) is 0.798. The van der Waals surface area contributed by atoms with Crippen molar-refractivity contribution in [2.24, 2.45) is 0 Å². The Kier molecular flexibility index (Phi) is 4.24. The fourth-order valence-corrected chi connectivity index (χ4v) is 3.30. The SMILES string of the molecule is CN1CCC(NC(=O)c2ccc3noc(-c4ccccc4)c3c2)CC1. The average molecular weight is 335 g/mol. The molecule has 0 atom stereocenters. The number of rotatable bonds is 3. The van der Waals surface area contributed by atoms with Crippen LogP contribution in [0.2, 0.25) is 0 Å². The van der Waals surface area contributed by atoms with Crippen molar-refractivity contribution in [3.63, 3.8) is 0 Å². The maximum absolute atomic E-state index is 12.6. The van der Waals surface area contributed by atoms with Gasteiger partial charge in [0.25, 0.3) is 5.91 Å². The lowest BCUT2D eigenvalue weighted by Gasteiger charge is -2.29. The van der Waals surface area contributed by atoms with Crippen molar-refractivity contribution in [1.29, 1.82) is 0 Å². The molecule has 1 aliphatic heterocycles. The van der Waals surface area contributed by atoms with Crippen LogP contribution in [0.4, 0.5) is 0 Å². The highest BCUT2D eigenvalue weighted by Gasteiger charge is 2.20. The molecule has 1 fully saturated rings. The van der Waals surface area contributed by atoms with Gasteiger partial charge in [0.15, 0.2) is 5.76 Å². The minimum Gasteiger partial charge on any atom is -0.355 e. The molecule has 5 heteroatoms. The van der Waals surface area contributed by atoms with E-state index in [-0.39, 0.29) is 11.9 Å². The van der Waals surface area contributed by atoms with Crippen LogP contribution in [-0.2, 0) is 0 Å². The molecule has 0 spiro atoms. The highest BCUT2D eigenvalue weighted by Crippen LogP contribution is 2.29. The summed E-state index contributed by atoms with van der Waals surface area (Å²) in [4.78, 5) is 14.9. The van der Waals surface area contributed by atoms with Gasteiger partial charge >= 0.3 is 0 Å². The van der Waals surface area contributed by atoms with E-state index in [1.807, 2.05) is 48.5 Å². The predicted molar refractivity (Wildman–Crippen MR) is 97.4 cm³/mol. The van der Waals surface area contributed by atoms with Gasteiger partial charge < -0.3 is 14.7 Å². The van der Waals surface area contributed by atoms with E-state index in [0.717, 1.165) is 42.4 Å². The van der Waals surface area contributed by atoms with Crippen molar-refractivity contribution >= 4 is 16.8 Å². The van der Waals surface area contributed by atoms with Crippen LogP contribution in [0.25, 0.3) is 22.2 Å². The van der Waals surface area contributed by atoms with Gasteiger partial charge in [-0.15, -0.1) is 0 Å². The Labute approximate surface area is 146 Å². The number of piperidine rings is 1. The van der Waals surface area contributed by atoms with Crippen LogP contribution >= 0.6 is 0 Å². The van der Waals surface area contributed by atoms with Crippen LogP contribution < -0.4 is 5.32 Å². The van der Waals surface area contributed by atoms with Gasteiger partial charge in [0.05, 0.1) is 5.39 Å². The molecule has 1 aromatic heterocycles. The first-order chi connectivity index (χ1) is 12.2. The second-order valence-corrected chi connectivity index (χ2v) is 6.66. The molecule has 0 unspecified atom stereocenters. The highest BCUT2D eigenvalue weighted by molar-refractivity contribution is 6.01. The minimum absolute atomic E-state index is 0.0309.